The highest BCUT2D eigenvalue weighted by Crippen LogP contribution is 2.13. The van der Waals surface area contributed by atoms with E-state index in [1.54, 1.807) is 16.8 Å². The van der Waals surface area contributed by atoms with E-state index in [9.17, 15) is 10.1 Å². The highest BCUT2D eigenvalue weighted by Gasteiger charge is 2.07. The van der Waals surface area contributed by atoms with Gasteiger partial charge in [-0.15, -0.1) is 0 Å². The molecule has 0 aliphatic carbocycles. The van der Waals surface area contributed by atoms with Gasteiger partial charge in [-0.25, -0.2) is 9.67 Å². The molecule has 7 heteroatoms. The van der Waals surface area contributed by atoms with E-state index in [1.807, 2.05) is 0 Å². The predicted octanol–water partition coefficient (Wildman–Crippen LogP) is 1.73. The first-order chi connectivity index (χ1) is 9.70. The number of nitro groups is 1. The number of nitrogens with zero attached hydrogens (tertiary/aromatic N) is 4. The lowest BCUT2D eigenvalue weighted by molar-refractivity contribution is -0.384. The first-order valence-electron chi connectivity index (χ1n) is 6.51. The number of rotatable bonds is 7. The Hall–Kier alpha value is -2.28. The van der Waals surface area contributed by atoms with Crippen LogP contribution in [0.25, 0.3) is 0 Å². The lowest BCUT2D eigenvalue weighted by Gasteiger charge is -2.07. The zero-order valence-electron chi connectivity index (χ0n) is 11.3. The minimum Gasteiger partial charge on any atom is -0.310 e. The largest absolute Gasteiger partial charge is 0.310 e. The summed E-state index contributed by atoms with van der Waals surface area (Å²) in [6.07, 6.45) is 2.59. The Morgan fingerprint density at radius 2 is 2.10 bits per heavy atom. The van der Waals surface area contributed by atoms with Gasteiger partial charge in [0.05, 0.1) is 18.0 Å². The molecule has 0 unspecified atom stereocenters. The molecule has 0 atom stereocenters. The van der Waals surface area contributed by atoms with Crippen molar-refractivity contribution < 1.29 is 4.92 Å². The van der Waals surface area contributed by atoms with Crippen molar-refractivity contribution in [2.24, 2.45) is 0 Å². The first kappa shape index (κ1) is 14.1. The Labute approximate surface area is 116 Å². The number of aromatic nitrogens is 3. The predicted molar refractivity (Wildman–Crippen MR) is 74.2 cm³/mol. The summed E-state index contributed by atoms with van der Waals surface area (Å²) in [6, 6.07) is 6.48. The van der Waals surface area contributed by atoms with E-state index in [4.69, 9.17) is 0 Å². The summed E-state index contributed by atoms with van der Waals surface area (Å²) in [4.78, 5) is 14.4. The Kier molecular flexibility index (Phi) is 4.78. The van der Waals surface area contributed by atoms with Crippen LogP contribution in [-0.2, 0) is 13.1 Å². The lowest BCUT2D eigenvalue weighted by atomic mass is 10.2. The molecule has 1 aromatic heterocycles. The van der Waals surface area contributed by atoms with Crippen LogP contribution in [0.4, 0.5) is 5.69 Å². The molecule has 1 heterocycles. The zero-order chi connectivity index (χ0) is 14.4. The minimum atomic E-state index is -0.403. The average Bonchev–Trinajstić information content (AvgIpc) is 2.87. The van der Waals surface area contributed by atoms with Crippen molar-refractivity contribution in [1.29, 1.82) is 0 Å². The maximum Gasteiger partial charge on any atom is 0.269 e. The van der Waals surface area contributed by atoms with Gasteiger partial charge in [-0.05, 0) is 18.5 Å². The molecule has 0 radical (unpaired) electrons. The van der Waals surface area contributed by atoms with E-state index in [0.29, 0.717) is 13.1 Å². The number of hydrogen-bond acceptors (Lipinski definition) is 5. The fraction of sp³-hybridized carbons (Fsp3) is 0.385. The number of non-ortho nitro benzene ring substituents is 1. The monoisotopic (exact) mass is 275 g/mol. The summed E-state index contributed by atoms with van der Waals surface area (Å²) in [5.41, 5.74) is 1.05. The molecule has 1 aromatic carbocycles. The summed E-state index contributed by atoms with van der Waals surface area (Å²) in [7, 11) is 0. The molecule has 0 bridgehead atoms. The molecule has 106 valence electrons. The summed E-state index contributed by atoms with van der Waals surface area (Å²) >= 11 is 0. The number of hydrogen-bond donors (Lipinski definition) is 1. The quantitative estimate of drug-likeness (QED) is 0.472. The molecule has 7 nitrogen and oxygen atoms in total. The summed E-state index contributed by atoms with van der Waals surface area (Å²) in [6.45, 7) is 4.26. The van der Waals surface area contributed by atoms with Gasteiger partial charge in [0.1, 0.15) is 12.2 Å². The van der Waals surface area contributed by atoms with Gasteiger partial charge in [0.2, 0.25) is 0 Å². The summed E-state index contributed by atoms with van der Waals surface area (Å²) in [5.74, 6) is 0.858. The number of nitrogens with one attached hydrogen (secondary N) is 1. The van der Waals surface area contributed by atoms with E-state index >= 15 is 0 Å². The van der Waals surface area contributed by atoms with Crippen LogP contribution < -0.4 is 5.32 Å². The zero-order valence-corrected chi connectivity index (χ0v) is 11.3. The Bertz CT molecular complexity index is 564. The van der Waals surface area contributed by atoms with Gasteiger partial charge in [-0.2, -0.15) is 5.10 Å². The normalized spacial score (nSPS) is 10.7. The van der Waals surface area contributed by atoms with E-state index in [2.05, 4.69) is 22.3 Å². The molecule has 0 saturated heterocycles. The molecular formula is C13H17N5O2. The third-order valence-corrected chi connectivity index (χ3v) is 2.89. The van der Waals surface area contributed by atoms with Crippen LogP contribution >= 0.6 is 0 Å². The Morgan fingerprint density at radius 3 is 2.75 bits per heavy atom. The Balaban J connectivity index is 2.02. The highest BCUT2D eigenvalue weighted by molar-refractivity contribution is 5.32. The molecule has 0 aliphatic heterocycles. The average molecular weight is 275 g/mol. The van der Waals surface area contributed by atoms with Crippen molar-refractivity contribution in [1.82, 2.24) is 20.1 Å². The van der Waals surface area contributed by atoms with Crippen LogP contribution in [0.15, 0.2) is 30.6 Å². The van der Waals surface area contributed by atoms with Gasteiger partial charge in [0, 0.05) is 12.1 Å². The molecule has 0 spiro atoms. The third-order valence-electron chi connectivity index (χ3n) is 2.89. The van der Waals surface area contributed by atoms with Gasteiger partial charge in [0.15, 0.2) is 0 Å². The fourth-order valence-electron chi connectivity index (χ4n) is 1.83. The van der Waals surface area contributed by atoms with Crippen molar-refractivity contribution in [3.63, 3.8) is 0 Å². The van der Waals surface area contributed by atoms with Crippen LogP contribution in [0.1, 0.15) is 24.7 Å². The molecular weight excluding hydrogens is 258 g/mol. The van der Waals surface area contributed by atoms with Crippen molar-refractivity contribution in [2.45, 2.75) is 26.4 Å². The molecule has 20 heavy (non-hydrogen) atoms. The summed E-state index contributed by atoms with van der Waals surface area (Å²) < 4.78 is 1.80. The molecule has 0 amide bonds. The fourth-order valence-corrected chi connectivity index (χ4v) is 1.83. The Morgan fingerprint density at radius 1 is 1.35 bits per heavy atom. The molecule has 2 rings (SSSR count). The maximum atomic E-state index is 10.6. The SMILES string of the molecule is CCCNCc1ncnn1Cc1ccc([N+](=O)[O-])cc1. The molecule has 0 fully saturated rings. The van der Waals surface area contributed by atoms with Crippen molar-refractivity contribution in [2.75, 3.05) is 6.54 Å². The standard InChI is InChI=1S/C13H17N5O2/c1-2-7-14-8-13-15-10-16-17(13)9-11-3-5-12(6-4-11)18(19)20/h3-6,10,14H,2,7-9H2,1H3. The molecule has 2 aromatic rings. The van der Waals surface area contributed by atoms with Crippen molar-refractivity contribution in [3.8, 4) is 0 Å². The number of benzene rings is 1. The van der Waals surface area contributed by atoms with Crippen LogP contribution in [0, 0.1) is 10.1 Å². The van der Waals surface area contributed by atoms with E-state index in [0.717, 1.165) is 24.4 Å². The van der Waals surface area contributed by atoms with Crippen LogP contribution in [0.5, 0.6) is 0 Å². The first-order valence-corrected chi connectivity index (χ1v) is 6.51. The number of nitro benzene ring substituents is 1. The molecule has 1 N–H and O–H groups in total. The van der Waals surface area contributed by atoms with E-state index in [-0.39, 0.29) is 5.69 Å². The van der Waals surface area contributed by atoms with Crippen molar-refractivity contribution >= 4 is 5.69 Å². The summed E-state index contributed by atoms with van der Waals surface area (Å²) in [5, 5.41) is 18.1. The van der Waals surface area contributed by atoms with E-state index < -0.39 is 4.92 Å². The second-order valence-corrected chi connectivity index (χ2v) is 4.43. The van der Waals surface area contributed by atoms with Crippen molar-refractivity contribution in [3.05, 3.63) is 52.1 Å². The van der Waals surface area contributed by atoms with Gasteiger partial charge in [0.25, 0.3) is 5.69 Å². The lowest BCUT2D eigenvalue weighted by Crippen LogP contribution is -2.18. The highest BCUT2D eigenvalue weighted by atomic mass is 16.6. The van der Waals surface area contributed by atoms with Crippen LogP contribution in [0.3, 0.4) is 0 Å². The third kappa shape index (κ3) is 3.61. The minimum absolute atomic E-state index is 0.0946. The smallest absolute Gasteiger partial charge is 0.269 e. The van der Waals surface area contributed by atoms with E-state index in [1.165, 1.54) is 18.5 Å². The second-order valence-electron chi connectivity index (χ2n) is 4.43. The van der Waals surface area contributed by atoms with Crippen LogP contribution in [0.2, 0.25) is 0 Å². The van der Waals surface area contributed by atoms with Gasteiger partial charge < -0.3 is 5.32 Å². The topological polar surface area (TPSA) is 85.9 Å². The van der Waals surface area contributed by atoms with Crippen LogP contribution in [-0.4, -0.2) is 26.2 Å². The van der Waals surface area contributed by atoms with Gasteiger partial charge in [-0.1, -0.05) is 19.1 Å². The molecule has 0 saturated carbocycles. The molecule has 0 aliphatic rings. The second kappa shape index (κ2) is 6.76. The van der Waals surface area contributed by atoms with Gasteiger partial charge in [-0.3, -0.25) is 10.1 Å². The van der Waals surface area contributed by atoms with Gasteiger partial charge >= 0.3 is 0 Å². The maximum absolute atomic E-state index is 10.6.